The Labute approximate surface area is 463 Å². The van der Waals surface area contributed by atoms with E-state index in [1.807, 2.05) is 61.5 Å². The molecule has 10 nitrogen and oxygen atoms in total. The van der Waals surface area contributed by atoms with Crippen molar-refractivity contribution in [2.45, 2.75) is 55.4 Å². The minimum absolute atomic E-state index is 0.209. The van der Waals surface area contributed by atoms with Crippen LogP contribution in [0, 0.1) is 55.4 Å². The highest BCUT2D eigenvalue weighted by Crippen LogP contribution is 2.53. The molecule has 0 atom stereocenters. The number of anilines is 14. The summed E-state index contributed by atoms with van der Waals surface area (Å²) in [5.74, 6) is 2.93. The summed E-state index contributed by atoms with van der Waals surface area (Å²) in [4.78, 5) is 17.9. The van der Waals surface area contributed by atoms with Gasteiger partial charge in [-0.25, -0.2) is 0 Å². The van der Waals surface area contributed by atoms with Gasteiger partial charge in [0.1, 0.15) is 36.3 Å². The van der Waals surface area contributed by atoms with Gasteiger partial charge in [0.05, 0.1) is 58.8 Å². The van der Waals surface area contributed by atoms with Crippen molar-refractivity contribution in [2.75, 3.05) is 79.9 Å². The van der Waals surface area contributed by atoms with Crippen LogP contribution in [0.4, 0.5) is 79.6 Å². The molecule has 0 amide bonds. The number of ether oxygens (including phenoxy) is 2. The molecular weight excluding hydrogens is 961 g/mol. The number of fused-ring (bicyclic) bond motifs is 4. The van der Waals surface area contributed by atoms with Crippen LogP contribution in [0.5, 0.6) is 23.0 Å². The fraction of sp³-hybridized carbons (Fsp3) is 0.206. The molecule has 0 aliphatic carbocycles. The smallest absolute Gasteiger partial charge is 0.129 e. The Morgan fingerprint density at radius 2 is 0.603 bits per heavy atom. The summed E-state index contributed by atoms with van der Waals surface area (Å²) in [5.41, 5.74) is 24.7. The molecule has 4 aliphatic rings. The zero-order chi connectivity index (χ0) is 56.2. The number of aryl methyl sites for hydroxylation is 4. The molecule has 390 valence electrons. The Bertz CT molecular complexity index is 3960. The molecule has 10 heteroatoms. The topological polar surface area (TPSA) is 44.4 Å². The molecule has 0 aromatic heterocycles. The van der Waals surface area contributed by atoms with E-state index in [-0.39, 0.29) is 6.67 Å². The van der Waals surface area contributed by atoms with E-state index in [0.717, 1.165) is 80.5 Å². The molecule has 13 rings (SSSR count). The maximum absolute atomic E-state index is 8.32. The first-order chi connectivity index (χ1) is 39.0. The van der Waals surface area contributed by atoms with Crippen molar-refractivity contribution in [1.29, 1.82) is 0 Å². The first-order valence-electron chi connectivity index (χ1n) is 28.4. The Hall–Kier alpha value is -9.02. The van der Waals surface area contributed by atoms with E-state index in [1.165, 1.54) is 61.0 Å². The van der Waals surface area contributed by atoms with Crippen LogP contribution in [0.25, 0.3) is 0 Å². The summed E-state index contributed by atoms with van der Waals surface area (Å²) in [6.07, 6.45) is 0. The maximum atomic E-state index is 8.32. The molecule has 78 heavy (non-hydrogen) atoms. The Kier molecular flexibility index (Phi) is 11.0. The zero-order valence-corrected chi connectivity index (χ0v) is 45.9. The average molecular weight is 1030 g/mol. The second-order valence-electron chi connectivity index (χ2n) is 21.5. The maximum Gasteiger partial charge on any atom is 0.129 e. The van der Waals surface area contributed by atoms with Gasteiger partial charge in [0.2, 0.25) is 0 Å². The summed E-state index contributed by atoms with van der Waals surface area (Å²) < 4.78 is 38.3. The van der Waals surface area contributed by atoms with Gasteiger partial charge in [-0.15, -0.1) is 0 Å². The van der Waals surface area contributed by atoms with Crippen LogP contribution in [0.1, 0.15) is 48.6 Å². The highest BCUT2D eigenvalue weighted by molar-refractivity contribution is 5.94. The lowest BCUT2D eigenvalue weighted by Crippen LogP contribution is -2.28. The van der Waals surface area contributed by atoms with Crippen molar-refractivity contribution in [2.24, 2.45) is 0 Å². The molecule has 0 unspecified atom stereocenters. The quantitative estimate of drug-likeness (QED) is 0.132. The van der Waals surface area contributed by atoms with Gasteiger partial charge < -0.3 is 48.7 Å². The largest absolute Gasteiger partial charge is 0.457 e. The van der Waals surface area contributed by atoms with Gasteiger partial charge in [-0.2, -0.15) is 0 Å². The minimum atomic E-state index is -2.29. The standard InChI is InChI=1S/C68H66N8O2/c1-43-31-63-65(33-45(43)3)71(39-69(63)9)51-19-15-23-55(35-51)77-57-25-17-21-53(37-57)73-41-75(61-29-13-11-27-59(61)73)67-47(5)49(7)68(50(8)48(67)6)76-42-74(60-28-12-14-30-62(60)76)54-22-18-26-58(38-54)78-56-24-16-20-52(36-56)72-40-70(10)64-32-44(2)46(4)34-66(64)72/h11-38H,39-42H2,1-10H3/i9D3. The minimum Gasteiger partial charge on any atom is -0.457 e. The van der Waals surface area contributed by atoms with Gasteiger partial charge in [0, 0.05) is 76.5 Å². The fourth-order valence-corrected chi connectivity index (χ4v) is 12.1. The monoisotopic (exact) mass is 1030 g/mol. The predicted molar refractivity (Wildman–Crippen MR) is 325 cm³/mol. The van der Waals surface area contributed by atoms with Crippen molar-refractivity contribution in [3.63, 3.8) is 0 Å². The zero-order valence-electron chi connectivity index (χ0n) is 48.9. The van der Waals surface area contributed by atoms with Crippen LogP contribution in [0.2, 0.25) is 0 Å². The molecule has 9 aromatic rings. The molecule has 0 bridgehead atoms. The van der Waals surface area contributed by atoms with E-state index in [0.29, 0.717) is 30.5 Å². The first-order valence-corrected chi connectivity index (χ1v) is 26.9. The first kappa shape index (κ1) is 45.2. The van der Waals surface area contributed by atoms with E-state index in [1.54, 1.807) is 0 Å². The SMILES string of the molecule is [2H]C([2H])([2H])N1CN(c2cccc(Oc3cccc(N4CN(c5c(C)c(C)c(N6CN(c7cccc(Oc8cccc(N9CN(C)c%10cc(C)c(C)cc%109)c8)c7)c7ccccc76)c(C)c5C)c5ccccc54)c3)c2)c2cc(C)c(C)cc21. The van der Waals surface area contributed by atoms with Crippen molar-refractivity contribution in [3.05, 3.63) is 214 Å². The molecule has 0 fully saturated rings. The van der Waals surface area contributed by atoms with Crippen molar-refractivity contribution < 1.29 is 13.6 Å². The third-order valence-corrected chi connectivity index (χ3v) is 16.7. The third kappa shape index (κ3) is 8.16. The highest BCUT2D eigenvalue weighted by Gasteiger charge is 2.35. The molecule has 0 spiro atoms. The van der Waals surface area contributed by atoms with E-state index in [4.69, 9.17) is 13.6 Å². The van der Waals surface area contributed by atoms with Crippen LogP contribution in [0.15, 0.2) is 170 Å². The number of hydrogen-bond donors (Lipinski definition) is 0. The van der Waals surface area contributed by atoms with Crippen LogP contribution >= 0.6 is 0 Å². The predicted octanol–water partition coefficient (Wildman–Crippen LogP) is 17.3. The van der Waals surface area contributed by atoms with Gasteiger partial charge in [-0.1, -0.05) is 48.5 Å². The normalized spacial score (nSPS) is 15.1. The third-order valence-electron chi connectivity index (χ3n) is 16.7. The molecule has 0 saturated carbocycles. The lowest BCUT2D eigenvalue weighted by atomic mass is 9.94. The Morgan fingerprint density at radius 3 is 0.949 bits per heavy atom. The van der Waals surface area contributed by atoms with Gasteiger partial charge in [-0.3, -0.25) is 0 Å². The van der Waals surface area contributed by atoms with Crippen LogP contribution in [-0.2, 0) is 0 Å². The van der Waals surface area contributed by atoms with Crippen molar-refractivity contribution >= 4 is 79.6 Å². The fourth-order valence-electron chi connectivity index (χ4n) is 12.1. The Morgan fingerprint density at radius 1 is 0.308 bits per heavy atom. The van der Waals surface area contributed by atoms with Gasteiger partial charge in [-0.05, 0) is 197 Å². The van der Waals surface area contributed by atoms with E-state index in [2.05, 4.69) is 205 Å². The summed E-state index contributed by atoms with van der Waals surface area (Å²) in [6.45, 7) is 17.5. The number of benzene rings is 9. The Balaban J connectivity index is 0.755. The highest BCUT2D eigenvalue weighted by atomic mass is 16.5. The molecule has 4 aliphatic heterocycles. The number of hydrogen-bond acceptors (Lipinski definition) is 10. The molecule has 0 radical (unpaired) electrons. The van der Waals surface area contributed by atoms with E-state index in [9.17, 15) is 0 Å². The average Bonchev–Trinajstić information content (AvgIpc) is 4.06. The molecule has 4 heterocycles. The van der Waals surface area contributed by atoms with Crippen LogP contribution in [0.3, 0.4) is 0 Å². The van der Waals surface area contributed by atoms with Crippen LogP contribution in [-0.4, -0.2) is 40.7 Å². The second kappa shape index (κ2) is 18.9. The molecule has 0 N–H and O–H groups in total. The summed E-state index contributed by atoms with van der Waals surface area (Å²) in [6, 6.07) is 59.1. The van der Waals surface area contributed by atoms with Gasteiger partial charge >= 0.3 is 0 Å². The lowest BCUT2D eigenvalue weighted by Gasteiger charge is -2.32. The summed E-state index contributed by atoms with van der Waals surface area (Å²) >= 11 is 0. The van der Waals surface area contributed by atoms with E-state index >= 15 is 0 Å². The summed E-state index contributed by atoms with van der Waals surface area (Å²) in [7, 11) is 2.15. The summed E-state index contributed by atoms with van der Waals surface area (Å²) in [5, 5.41) is 0. The van der Waals surface area contributed by atoms with Gasteiger partial charge in [0.25, 0.3) is 0 Å². The number of nitrogens with zero attached hydrogens (tertiary/aromatic N) is 8. The molecular formula is C68H66N8O2. The van der Waals surface area contributed by atoms with E-state index < -0.39 is 6.98 Å². The van der Waals surface area contributed by atoms with Crippen molar-refractivity contribution in [3.8, 4) is 23.0 Å². The van der Waals surface area contributed by atoms with Crippen LogP contribution < -0.4 is 48.7 Å². The number of para-hydroxylation sites is 4. The van der Waals surface area contributed by atoms with Gasteiger partial charge in [0.15, 0.2) is 0 Å². The number of rotatable bonds is 10. The molecule has 9 aromatic carbocycles. The molecule has 0 saturated heterocycles. The second-order valence-corrected chi connectivity index (χ2v) is 21.5. The lowest BCUT2D eigenvalue weighted by molar-refractivity contribution is 0.482. The van der Waals surface area contributed by atoms with Crippen molar-refractivity contribution in [1.82, 2.24) is 0 Å².